The molecule has 2 atom stereocenters. The van der Waals surface area contributed by atoms with Crippen molar-refractivity contribution in [2.45, 2.75) is 70.9 Å². The molecule has 4 heteroatoms. The largest absolute Gasteiger partial charge is 0.480 e. The molecule has 0 bridgehead atoms. The van der Waals surface area contributed by atoms with E-state index in [0.29, 0.717) is 6.42 Å². The van der Waals surface area contributed by atoms with Crippen molar-refractivity contribution in [3.05, 3.63) is 0 Å². The third kappa shape index (κ3) is 5.06. The molecule has 0 heterocycles. The molecular weight excluding hydrogens is 252 g/mol. The Bertz CT molecular complexity index is 303. The molecule has 1 aliphatic rings. The highest BCUT2D eigenvalue weighted by Gasteiger charge is 2.35. The van der Waals surface area contributed by atoms with Crippen LogP contribution in [0.5, 0.6) is 0 Å². The van der Waals surface area contributed by atoms with Gasteiger partial charge < -0.3 is 15.3 Å². The van der Waals surface area contributed by atoms with Crippen LogP contribution in [0.4, 0.5) is 0 Å². The third-order valence-electron chi connectivity index (χ3n) is 4.71. The van der Waals surface area contributed by atoms with Crippen molar-refractivity contribution in [2.75, 3.05) is 20.1 Å². The zero-order valence-corrected chi connectivity index (χ0v) is 13.6. The van der Waals surface area contributed by atoms with Crippen LogP contribution in [0.1, 0.15) is 59.3 Å². The van der Waals surface area contributed by atoms with E-state index in [9.17, 15) is 9.90 Å². The summed E-state index contributed by atoms with van der Waals surface area (Å²) in [6.07, 6.45) is 6.99. The number of carboxylic acids is 1. The second kappa shape index (κ2) is 7.99. The number of carbonyl (C=O) groups is 1. The Kier molecular flexibility index (Phi) is 6.96. The summed E-state index contributed by atoms with van der Waals surface area (Å²) in [6, 6.07) is 0.279. The Balaban J connectivity index is 2.50. The van der Waals surface area contributed by atoms with Crippen molar-refractivity contribution < 1.29 is 9.90 Å². The highest BCUT2D eigenvalue weighted by Crippen LogP contribution is 2.26. The number of hydrogen-bond acceptors (Lipinski definition) is 3. The van der Waals surface area contributed by atoms with Crippen LogP contribution in [0.2, 0.25) is 0 Å². The molecule has 0 aromatic carbocycles. The van der Waals surface area contributed by atoms with Crippen LogP contribution in [0.3, 0.4) is 0 Å². The van der Waals surface area contributed by atoms with Gasteiger partial charge in [0.1, 0.15) is 5.54 Å². The minimum Gasteiger partial charge on any atom is -0.480 e. The van der Waals surface area contributed by atoms with E-state index < -0.39 is 11.5 Å². The molecule has 0 aromatic rings. The lowest BCUT2D eigenvalue weighted by Gasteiger charge is -2.34. The van der Waals surface area contributed by atoms with Crippen molar-refractivity contribution in [3.8, 4) is 0 Å². The van der Waals surface area contributed by atoms with Crippen molar-refractivity contribution in [1.29, 1.82) is 0 Å². The van der Waals surface area contributed by atoms with Crippen molar-refractivity contribution in [2.24, 2.45) is 5.92 Å². The number of carboxylic acid groups (broad SMARTS) is 1. The molecule has 0 aromatic heterocycles. The van der Waals surface area contributed by atoms with Crippen LogP contribution in [0.25, 0.3) is 0 Å². The average Bonchev–Trinajstić information content (AvgIpc) is 2.88. The van der Waals surface area contributed by atoms with E-state index in [0.717, 1.165) is 25.4 Å². The Labute approximate surface area is 123 Å². The van der Waals surface area contributed by atoms with Crippen molar-refractivity contribution >= 4 is 5.97 Å². The summed E-state index contributed by atoms with van der Waals surface area (Å²) in [5, 5.41) is 12.7. The first-order valence-electron chi connectivity index (χ1n) is 8.07. The molecule has 2 unspecified atom stereocenters. The van der Waals surface area contributed by atoms with Crippen LogP contribution in [-0.2, 0) is 4.79 Å². The van der Waals surface area contributed by atoms with Gasteiger partial charge in [-0.05, 0) is 59.0 Å². The maximum Gasteiger partial charge on any atom is 0.323 e. The maximum absolute atomic E-state index is 11.5. The quantitative estimate of drug-likeness (QED) is 0.683. The summed E-state index contributed by atoms with van der Waals surface area (Å²) < 4.78 is 0. The van der Waals surface area contributed by atoms with Gasteiger partial charge in [-0.3, -0.25) is 4.79 Å². The standard InChI is InChI=1S/C16H32N2O2/c1-5-10-17-16(3,15(19)20)11-13(2)18(4)12-14-8-6-7-9-14/h13-14,17H,5-12H2,1-4H3,(H,19,20). The lowest BCUT2D eigenvalue weighted by atomic mass is 9.92. The molecule has 0 saturated heterocycles. The number of rotatable bonds is 9. The van der Waals surface area contributed by atoms with Crippen molar-refractivity contribution in [1.82, 2.24) is 10.2 Å². The average molecular weight is 284 g/mol. The predicted octanol–water partition coefficient (Wildman–Crippen LogP) is 2.73. The maximum atomic E-state index is 11.5. The smallest absolute Gasteiger partial charge is 0.323 e. The van der Waals surface area contributed by atoms with Gasteiger partial charge in [-0.15, -0.1) is 0 Å². The van der Waals surface area contributed by atoms with E-state index >= 15 is 0 Å². The van der Waals surface area contributed by atoms with E-state index in [1.165, 1.54) is 25.7 Å². The van der Waals surface area contributed by atoms with Gasteiger partial charge in [0.15, 0.2) is 0 Å². The first-order valence-corrected chi connectivity index (χ1v) is 8.07. The summed E-state index contributed by atoms with van der Waals surface area (Å²) >= 11 is 0. The fourth-order valence-electron chi connectivity index (χ4n) is 3.16. The summed E-state index contributed by atoms with van der Waals surface area (Å²) in [5.74, 6) is 0.0641. The summed E-state index contributed by atoms with van der Waals surface area (Å²) in [5.41, 5.74) is -0.820. The number of hydrogen-bond donors (Lipinski definition) is 2. The molecule has 1 aliphatic carbocycles. The molecule has 1 fully saturated rings. The van der Waals surface area contributed by atoms with E-state index in [1.807, 2.05) is 6.92 Å². The topological polar surface area (TPSA) is 52.6 Å². The van der Waals surface area contributed by atoms with Crippen molar-refractivity contribution in [3.63, 3.8) is 0 Å². The molecule has 0 radical (unpaired) electrons. The number of nitrogens with one attached hydrogen (secondary N) is 1. The SMILES string of the molecule is CCCNC(C)(CC(C)N(C)CC1CCCC1)C(=O)O. The summed E-state index contributed by atoms with van der Waals surface area (Å²) in [6.45, 7) is 7.87. The van der Waals surface area contributed by atoms with Gasteiger partial charge in [-0.25, -0.2) is 0 Å². The molecule has 0 amide bonds. The molecule has 118 valence electrons. The van der Waals surface area contributed by atoms with Gasteiger partial charge in [0.05, 0.1) is 0 Å². The monoisotopic (exact) mass is 284 g/mol. The Hall–Kier alpha value is -0.610. The lowest BCUT2D eigenvalue weighted by Crippen LogP contribution is -2.53. The van der Waals surface area contributed by atoms with E-state index in [1.54, 1.807) is 0 Å². The molecule has 0 aliphatic heterocycles. The molecule has 2 N–H and O–H groups in total. The van der Waals surface area contributed by atoms with Crippen LogP contribution >= 0.6 is 0 Å². The van der Waals surface area contributed by atoms with E-state index in [2.05, 4.69) is 31.1 Å². The fraction of sp³-hybridized carbons (Fsp3) is 0.938. The first kappa shape index (κ1) is 17.4. The Morgan fingerprint density at radius 3 is 2.55 bits per heavy atom. The highest BCUT2D eigenvalue weighted by atomic mass is 16.4. The van der Waals surface area contributed by atoms with Gasteiger partial charge in [-0.1, -0.05) is 19.8 Å². The lowest BCUT2D eigenvalue weighted by molar-refractivity contribution is -0.145. The Morgan fingerprint density at radius 2 is 2.05 bits per heavy atom. The van der Waals surface area contributed by atoms with Gasteiger partial charge in [-0.2, -0.15) is 0 Å². The van der Waals surface area contributed by atoms with Gasteiger partial charge >= 0.3 is 5.97 Å². The molecule has 20 heavy (non-hydrogen) atoms. The predicted molar refractivity (Wildman–Crippen MR) is 83.0 cm³/mol. The van der Waals surface area contributed by atoms with Crippen LogP contribution in [0.15, 0.2) is 0 Å². The Morgan fingerprint density at radius 1 is 1.45 bits per heavy atom. The minimum absolute atomic E-state index is 0.279. The van der Waals surface area contributed by atoms with E-state index in [4.69, 9.17) is 0 Å². The van der Waals surface area contributed by atoms with Gasteiger partial charge in [0.2, 0.25) is 0 Å². The number of nitrogens with zero attached hydrogens (tertiary/aromatic N) is 1. The third-order valence-corrected chi connectivity index (χ3v) is 4.71. The molecule has 4 nitrogen and oxygen atoms in total. The second-order valence-electron chi connectivity index (χ2n) is 6.71. The van der Waals surface area contributed by atoms with Gasteiger partial charge in [0, 0.05) is 12.6 Å². The first-order chi connectivity index (χ1) is 9.39. The summed E-state index contributed by atoms with van der Waals surface area (Å²) in [7, 11) is 2.13. The molecule has 0 spiro atoms. The molecule has 1 saturated carbocycles. The van der Waals surface area contributed by atoms with E-state index in [-0.39, 0.29) is 6.04 Å². The molecule has 1 rings (SSSR count). The zero-order chi connectivity index (χ0) is 15.2. The second-order valence-corrected chi connectivity index (χ2v) is 6.71. The minimum atomic E-state index is -0.820. The molecular formula is C16H32N2O2. The van der Waals surface area contributed by atoms with Crippen LogP contribution in [0, 0.1) is 5.92 Å². The van der Waals surface area contributed by atoms with Crippen LogP contribution < -0.4 is 5.32 Å². The fourth-order valence-corrected chi connectivity index (χ4v) is 3.16. The zero-order valence-electron chi connectivity index (χ0n) is 13.6. The summed E-state index contributed by atoms with van der Waals surface area (Å²) in [4.78, 5) is 13.9. The van der Waals surface area contributed by atoms with Crippen LogP contribution in [-0.4, -0.2) is 47.7 Å². The van der Waals surface area contributed by atoms with Gasteiger partial charge in [0.25, 0.3) is 0 Å². The highest BCUT2D eigenvalue weighted by molar-refractivity contribution is 5.78. The normalized spacial score (nSPS) is 21.1. The number of aliphatic carboxylic acids is 1.